The van der Waals surface area contributed by atoms with Crippen LogP contribution in [0.1, 0.15) is 19.3 Å². The highest BCUT2D eigenvalue weighted by atomic mass is 35.5. The quantitative estimate of drug-likeness (QED) is 0.552. The first kappa shape index (κ1) is 23.5. The van der Waals surface area contributed by atoms with Crippen LogP contribution in [0.15, 0.2) is 42.5 Å². The molecule has 1 aliphatic heterocycles. The van der Waals surface area contributed by atoms with Gasteiger partial charge in [-0.15, -0.1) is 0 Å². The van der Waals surface area contributed by atoms with Crippen molar-refractivity contribution in [2.45, 2.75) is 19.3 Å². The molecule has 0 atom stereocenters. The van der Waals surface area contributed by atoms with Gasteiger partial charge in [0.1, 0.15) is 11.5 Å². The van der Waals surface area contributed by atoms with E-state index in [1.807, 2.05) is 11.0 Å². The van der Waals surface area contributed by atoms with E-state index >= 15 is 0 Å². The van der Waals surface area contributed by atoms with Gasteiger partial charge < -0.3 is 30.3 Å². The molecule has 1 fully saturated rings. The standard InChI is InChI=1S/C23H29ClN4O4/c1-31-19-6-7-20(21(15-19)32-2)27-22(29)25-11-8-16-9-12-28(13-10-16)23(30)26-18-5-3-4-17(24)14-18/h3-7,14-16H,8-13H2,1-2H3,(H,26,30)(H2,25,27,29). The lowest BCUT2D eigenvalue weighted by atomic mass is 9.94. The molecular weight excluding hydrogens is 432 g/mol. The van der Waals surface area contributed by atoms with Crippen LogP contribution in [0, 0.1) is 5.92 Å². The number of nitrogens with one attached hydrogen (secondary N) is 3. The third-order valence-electron chi connectivity index (χ3n) is 5.47. The van der Waals surface area contributed by atoms with Gasteiger partial charge in [-0.1, -0.05) is 17.7 Å². The highest BCUT2D eigenvalue weighted by Crippen LogP contribution is 2.29. The van der Waals surface area contributed by atoms with Crippen molar-refractivity contribution in [3.8, 4) is 11.5 Å². The number of hydrogen-bond donors (Lipinski definition) is 3. The largest absolute Gasteiger partial charge is 0.497 e. The monoisotopic (exact) mass is 460 g/mol. The number of anilines is 2. The Bertz CT molecular complexity index is 932. The Hall–Kier alpha value is -3.13. The fourth-order valence-electron chi connectivity index (χ4n) is 3.65. The molecule has 32 heavy (non-hydrogen) atoms. The van der Waals surface area contributed by atoms with E-state index in [0.717, 1.165) is 19.3 Å². The van der Waals surface area contributed by atoms with Crippen molar-refractivity contribution in [2.75, 3.05) is 44.5 Å². The second-order valence-electron chi connectivity index (χ2n) is 7.61. The number of amides is 4. The van der Waals surface area contributed by atoms with Crippen LogP contribution >= 0.6 is 11.6 Å². The van der Waals surface area contributed by atoms with Gasteiger partial charge in [-0.3, -0.25) is 0 Å². The Morgan fingerprint density at radius 2 is 1.84 bits per heavy atom. The maximum absolute atomic E-state index is 12.4. The molecule has 4 amide bonds. The summed E-state index contributed by atoms with van der Waals surface area (Å²) in [4.78, 5) is 26.5. The van der Waals surface area contributed by atoms with E-state index in [0.29, 0.717) is 53.4 Å². The maximum Gasteiger partial charge on any atom is 0.321 e. The van der Waals surface area contributed by atoms with E-state index in [1.165, 1.54) is 0 Å². The molecule has 2 aromatic carbocycles. The van der Waals surface area contributed by atoms with Crippen molar-refractivity contribution in [3.63, 3.8) is 0 Å². The Balaban J connectivity index is 1.37. The number of halogens is 1. The number of urea groups is 2. The Morgan fingerprint density at radius 1 is 1.06 bits per heavy atom. The molecule has 0 saturated carbocycles. The van der Waals surface area contributed by atoms with Gasteiger partial charge in [0.25, 0.3) is 0 Å². The van der Waals surface area contributed by atoms with Gasteiger partial charge in [0.15, 0.2) is 0 Å². The summed E-state index contributed by atoms with van der Waals surface area (Å²) >= 11 is 5.97. The average Bonchev–Trinajstić information content (AvgIpc) is 2.79. The predicted octanol–water partition coefficient (Wildman–Crippen LogP) is 4.81. The van der Waals surface area contributed by atoms with Crippen LogP contribution in [0.25, 0.3) is 0 Å². The number of methoxy groups -OCH3 is 2. The number of carbonyl (C=O) groups excluding carboxylic acids is 2. The van der Waals surface area contributed by atoms with E-state index in [9.17, 15) is 9.59 Å². The molecule has 1 saturated heterocycles. The number of nitrogens with zero attached hydrogens (tertiary/aromatic N) is 1. The van der Waals surface area contributed by atoms with Crippen LogP contribution < -0.4 is 25.4 Å². The SMILES string of the molecule is COc1ccc(NC(=O)NCCC2CCN(C(=O)Nc3cccc(Cl)c3)CC2)c(OC)c1. The number of benzene rings is 2. The molecule has 172 valence electrons. The van der Waals surface area contributed by atoms with Gasteiger partial charge in [0.2, 0.25) is 0 Å². The van der Waals surface area contributed by atoms with Crippen LogP contribution in [-0.4, -0.2) is 50.8 Å². The number of carbonyl (C=O) groups is 2. The van der Waals surface area contributed by atoms with E-state index < -0.39 is 0 Å². The lowest BCUT2D eigenvalue weighted by Gasteiger charge is -2.32. The molecule has 0 unspecified atom stereocenters. The summed E-state index contributed by atoms with van der Waals surface area (Å²) in [6.45, 7) is 1.93. The zero-order valence-corrected chi connectivity index (χ0v) is 19.1. The first-order valence-corrected chi connectivity index (χ1v) is 10.9. The number of ether oxygens (including phenoxy) is 2. The average molecular weight is 461 g/mol. The zero-order valence-electron chi connectivity index (χ0n) is 18.3. The maximum atomic E-state index is 12.4. The highest BCUT2D eigenvalue weighted by molar-refractivity contribution is 6.30. The first-order valence-electron chi connectivity index (χ1n) is 10.6. The fourth-order valence-corrected chi connectivity index (χ4v) is 3.84. The molecule has 0 spiro atoms. The van der Waals surface area contributed by atoms with Crippen LogP contribution in [0.4, 0.5) is 21.0 Å². The molecule has 0 bridgehead atoms. The van der Waals surface area contributed by atoms with Crippen LogP contribution in [0.2, 0.25) is 5.02 Å². The minimum Gasteiger partial charge on any atom is -0.497 e. The van der Waals surface area contributed by atoms with Crippen LogP contribution in [0.3, 0.4) is 0 Å². The lowest BCUT2D eigenvalue weighted by Crippen LogP contribution is -2.41. The third kappa shape index (κ3) is 6.68. The molecule has 0 radical (unpaired) electrons. The van der Waals surface area contributed by atoms with Crippen molar-refractivity contribution < 1.29 is 19.1 Å². The van der Waals surface area contributed by atoms with Crippen molar-refractivity contribution >= 4 is 35.0 Å². The molecule has 9 heteroatoms. The van der Waals surface area contributed by atoms with Crippen molar-refractivity contribution in [1.82, 2.24) is 10.2 Å². The first-order chi connectivity index (χ1) is 15.5. The molecule has 1 heterocycles. The molecule has 8 nitrogen and oxygen atoms in total. The zero-order chi connectivity index (χ0) is 22.9. The van der Waals surface area contributed by atoms with Gasteiger partial charge in [0, 0.05) is 36.4 Å². The van der Waals surface area contributed by atoms with Crippen molar-refractivity contribution in [2.24, 2.45) is 5.92 Å². The fraction of sp³-hybridized carbons (Fsp3) is 0.391. The topological polar surface area (TPSA) is 91.9 Å². The third-order valence-corrected chi connectivity index (χ3v) is 5.71. The second kappa shape index (κ2) is 11.5. The normalized spacial score (nSPS) is 13.9. The molecule has 0 aromatic heterocycles. The molecule has 0 aliphatic carbocycles. The van der Waals surface area contributed by atoms with E-state index in [-0.39, 0.29) is 12.1 Å². The van der Waals surface area contributed by atoms with E-state index in [2.05, 4.69) is 16.0 Å². The summed E-state index contributed by atoms with van der Waals surface area (Å²) in [5.74, 6) is 1.64. The lowest BCUT2D eigenvalue weighted by molar-refractivity contribution is 0.180. The highest BCUT2D eigenvalue weighted by Gasteiger charge is 2.23. The Kier molecular flexibility index (Phi) is 8.44. The summed E-state index contributed by atoms with van der Waals surface area (Å²) in [5, 5.41) is 9.16. The number of rotatable bonds is 7. The smallest absolute Gasteiger partial charge is 0.321 e. The second-order valence-corrected chi connectivity index (χ2v) is 8.04. The van der Waals surface area contributed by atoms with Crippen molar-refractivity contribution in [1.29, 1.82) is 0 Å². The van der Waals surface area contributed by atoms with Crippen LogP contribution in [0.5, 0.6) is 11.5 Å². The van der Waals surface area contributed by atoms with E-state index in [4.69, 9.17) is 21.1 Å². The van der Waals surface area contributed by atoms with Crippen LogP contribution in [-0.2, 0) is 0 Å². The summed E-state index contributed by atoms with van der Waals surface area (Å²) in [5.41, 5.74) is 1.26. The summed E-state index contributed by atoms with van der Waals surface area (Å²) in [7, 11) is 3.12. The van der Waals surface area contributed by atoms with Gasteiger partial charge in [0.05, 0.1) is 19.9 Å². The van der Waals surface area contributed by atoms with Gasteiger partial charge in [-0.25, -0.2) is 9.59 Å². The molecule has 3 rings (SSSR count). The number of likely N-dealkylation sites (tertiary alicyclic amines) is 1. The summed E-state index contributed by atoms with van der Waals surface area (Å²) in [6.07, 6.45) is 2.66. The predicted molar refractivity (Wildman–Crippen MR) is 126 cm³/mol. The number of piperidine rings is 1. The summed E-state index contributed by atoms with van der Waals surface area (Å²) < 4.78 is 10.5. The summed E-state index contributed by atoms with van der Waals surface area (Å²) in [6, 6.07) is 11.9. The van der Waals surface area contributed by atoms with Gasteiger partial charge >= 0.3 is 12.1 Å². The number of hydrogen-bond acceptors (Lipinski definition) is 4. The minimum atomic E-state index is -0.285. The van der Waals surface area contributed by atoms with Crippen molar-refractivity contribution in [3.05, 3.63) is 47.5 Å². The molecule has 1 aliphatic rings. The van der Waals surface area contributed by atoms with Gasteiger partial charge in [-0.05, 0) is 55.5 Å². The Morgan fingerprint density at radius 3 is 2.53 bits per heavy atom. The van der Waals surface area contributed by atoms with E-state index in [1.54, 1.807) is 50.6 Å². The molecule has 2 aromatic rings. The Labute approximate surface area is 193 Å². The molecule has 3 N–H and O–H groups in total. The minimum absolute atomic E-state index is 0.114. The molecular formula is C23H29ClN4O4. The van der Waals surface area contributed by atoms with Gasteiger partial charge in [-0.2, -0.15) is 0 Å².